The van der Waals surface area contributed by atoms with Crippen LogP contribution in [0, 0.1) is 25.2 Å². The van der Waals surface area contributed by atoms with Gasteiger partial charge in [0.1, 0.15) is 6.07 Å². The molecule has 8 heteroatoms. The van der Waals surface area contributed by atoms with Gasteiger partial charge >= 0.3 is 0 Å². The first-order valence-electron chi connectivity index (χ1n) is 8.77. The number of aromatic nitrogens is 3. The molecule has 0 aliphatic carbocycles. The van der Waals surface area contributed by atoms with Crippen LogP contribution in [0.2, 0.25) is 5.02 Å². The SMILES string of the molecule is Cc1nc(C#N)c(N2CCC(c3nc(-c4ccc(Cl)cc4C)no3)CC2)o1. The monoisotopic (exact) mass is 383 g/mol. The first-order valence-corrected chi connectivity index (χ1v) is 9.15. The number of aryl methyl sites for hydroxylation is 2. The molecule has 0 amide bonds. The van der Waals surface area contributed by atoms with Gasteiger partial charge in [-0.25, -0.2) is 4.98 Å². The average Bonchev–Trinajstić information content (AvgIpc) is 3.28. The van der Waals surface area contributed by atoms with Gasteiger partial charge in [0.15, 0.2) is 5.89 Å². The molecule has 3 aromatic rings. The first kappa shape index (κ1) is 17.6. The highest BCUT2D eigenvalue weighted by Crippen LogP contribution is 2.33. The molecule has 138 valence electrons. The maximum atomic E-state index is 9.20. The van der Waals surface area contributed by atoms with Crippen molar-refractivity contribution in [3.63, 3.8) is 0 Å². The Morgan fingerprint density at radius 2 is 2.00 bits per heavy atom. The van der Waals surface area contributed by atoms with Crippen LogP contribution in [-0.4, -0.2) is 28.2 Å². The molecule has 1 aliphatic heterocycles. The summed E-state index contributed by atoms with van der Waals surface area (Å²) < 4.78 is 11.1. The van der Waals surface area contributed by atoms with Crippen LogP contribution in [0.1, 0.15) is 41.8 Å². The van der Waals surface area contributed by atoms with Crippen LogP contribution >= 0.6 is 11.6 Å². The lowest BCUT2D eigenvalue weighted by Crippen LogP contribution is -2.33. The van der Waals surface area contributed by atoms with Gasteiger partial charge in [-0.15, -0.1) is 0 Å². The fraction of sp³-hybridized carbons (Fsp3) is 0.368. The zero-order valence-electron chi connectivity index (χ0n) is 15.1. The summed E-state index contributed by atoms with van der Waals surface area (Å²) in [5.41, 5.74) is 2.27. The van der Waals surface area contributed by atoms with Crippen molar-refractivity contribution in [2.45, 2.75) is 32.6 Å². The second-order valence-electron chi connectivity index (χ2n) is 6.68. The van der Waals surface area contributed by atoms with E-state index in [1.54, 1.807) is 6.92 Å². The smallest absolute Gasteiger partial charge is 0.234 e. The van der Waals surface area contributed by atoms with Crippen LogP contribution in [0.5, 0.6) is 0 Å². The maximum Gasteiger partial charge on any atom is 0.234 e. The molecular formula is C19H18ClN5O2. The molecule has 0 N–H and O–H groups in total. The fourth-order valence-corrected chi connectivity index (χ4v) is 3.65. The summed E-state index contributed by atoms with van der Waals surface area (Å²) in [6.07, 6.45) is 1.68. The molecule has 0 bridgehead atoms. The number of oxazole rings is 1. The summed E-state index contributed by atoms with van der Waals surface area (Å²) in [6.45, 7) is 5.20. The Morgan fingerprint density at radius 1 is 1.22 bits per heavy atom. The Labute approximate surface area is 161 Å². The minimum absolute atomic E-state index is 0.185. The lowest BCUT2D eigenvalue weighted by Gasteiger charge is -2.29. The van der Waals surface area contributed by atoms with Crippen LogP contribution in [0.25, 0.3) is 11.4 Å². The highest BCUT2D eigenvalue weighted by Gasteiger charge is 2.28. The fourth-order valence-electron chi connectivity index (χ4n) is 3.42. The quantitative estimate of drug-likeness (QED) is 0.667. The Hall–Kier alpha value is -2.85. The van der Waals surface area contributed by atoms with Gasteiger partial charge < -0.3 is 13.8 Å². The predicted octanol–water partition coefficient (Wildman–Crippen LogP) is 4.25. The van der Waals surface area contributed by atoms with E-state index in [4.69, 9.17) is 20.5 Å². The number of nitrogens with zero attached hydrogens (tertiary/aromatic N) is 5. The summed E-state index contributed by atoms with van der Waals surface area (Å²) in [5.74, 6) is 2.47. The van der Waals surface area contributed by atoms with Crippen molar-refractivity contribution in [1.29, 1.82) is 5.26 Å². The first-order chi connectivity index (χ1) is 13.0. The van der Waals surface area contributed by atoms with E-state index in [1.165, 1.54) is 0 Å². The van der Waals surface area contributed by atoms with Gasteiger partial charge in [0.25, 0.3) is 0 Å². The number of benzene rings is 1. The van der Waals surface area contributed by atoms with E-state index in [1.807, 2.05) is 25.1 Å². The van der Waals surface area contributed by atoms with Gasteiger partial charge in [-0.1, -0.05) is 16.8 Å². The van der Waals surface area contributed by atoms with E-state index in [-0.39, 0.29) is 5.92 Å². The second-order valence-corrected chi connectivity index (χ2v) is 7.11. The zero-order valence-corrected chi connectivity index (χ0v) is 15.8. The Morgan fingerprint density at radius 3 is 2.70 bits per heavy atom. The van der Waals surface area contributed by atoms with Crippen molar-refractivity contribution in [3.05, 3.63) is 46.3 Å². The highest BCUT2D eigenvalue weighted by molar-refractivity contribution is 6.30. The summed E-state index contributed by atoms with van der Waals surface area (Å²) in [7, 11) is 0. The topological polar surface area (TPSA) is 92.0 Å². The van der Waals surface area contributed by atoms with Gasteiger partial charge in [0, 0.05) is 36.5 Å². The van der Waals surface area contributed by atoms with Crippen LogP contribution in [0.3, 0.4) is 0 Å². The highest BCUT2D eigenvalue weighted by atomic mass is 35.5. The minimum atomic E-state index is 0.185. The molecule has 1 saturated heterocycles. The van der Waals surface area contributed by atoms with E-state index in [2.05, 4.69) is 26.1 Å². The van der Waals surface area contributed by atoms with Gasteiger partial charge in [-0.05, 0) is 43.5 Å². The Kier molecular flexibility index (Phi) is 4.58. The Balaban J connectivity index is 1.47. The van der Waals surface area contributed by atoms with Gasteiger partial charge in [0.05, 0.1) is 0 Å². The number of nitriles is 1. The zero-order chi connectivity index (χ0) is 19.0. The normalized spacial score (nSPS) is 15.1. The summed E-state index contributed by atoms with van der Waals surface area (Å²) in [6, 6.07) is 7.71. The molecule has 0 spiro atoms. The predicted molar refractivity (Wildman–Crippen MR) is 99.6 cm³/mol. The molecule has 4 rings (SSSR count). The molecule has 1 aromatic carbocycles. The Bertz CT molecular complexity index is 1010. The number of anilines is 1. The minimum Gasteiger partial charge on any atom is -0.424 e. The molecule has 7 nitrogen and oxygen atoms in total. The lowest BCUT2D eigenvalue weighted by atomic mass is 9.96. The lowest BCUT2D eigenvalue weighted by molar-refractivity contribution is 0.326. The molecule has 2 aromatic heterocycles. The third-order valence-electron chi connectivity index (χ3n) is 4.82. The third kappa shape index (κ3) is 3.40. The number of hydrogen-bond donors (Lipinski definition) is 0. The number of rotatable bonds is 3. The van der Waals surface area contributed by atoms with Crippen molar-refractivity contribution in [2.75, 3.05) is 18.0 Å². The summed E-state index contributed by atoms with van der Waals surface area (Å²) in [5, 5.41) is 14.0. The van der Waals surface area contributed by atoms with Crippen molar-refractivity contribution in [3.8, 4) is 17.5 Å². The van der Waals surface area contributed by atoms with Gasteiger partial charge in [-0.3, -0.25) is 0 Å². The average molecular weight is 384 g/mol. The molecule has 3 heterocycles. The van der Waals surface area contributed by atoms with E-state index in [9.17, 15) is 5.26 Å². The number of halogens is 1. The van der Waals surface area contributed by atoms with Crippen LogP contribution in [0.15, 0.2) is 27.1 Å². The molecule has 27 heavy (non-hydrogen) atoms. The second kappa shape index (κ2) is 7.05. The number of hydrogen-bond acceptors (Lipinski definition) is 7. The molecule has 0 unspecified atom stereocenters. The molecule has 0 radical (unpaired) electrons. The van der Waals surface area contributed by atoms with Crippen molar-refractivity contribution in [2.24, 2.45) is 0 Å². The molecule has 1 aliphatic rings. The van der Waals surface area contributed by atoms with Crippen molar-refractivity contribution >= 4 is 17.5 Å². The van der Waals surface area contributed by atoms with Crippen LogP contribution in [-0.2, 0) is 0 Å². The van der Waals surface area contributed by atoms with Crippen molar-refractivity contribution < 1.29 is 8.94 Å². The molecule has 1 fully saturated rings. The number of piperidine rings is 1. The molecule has 0 atom stereocenters. The van der Waals surface area contributed by atoms with Crippen LogP contribution < -0.4 is 4.90 Å². The summed E-state index contributed by atoms with van der Waals surface area (Å²) in [4.78, 5) is 10.8. The van der Waals surface area contributed by atoms with Crippen molar-refractivity contribution in [1.82, 2.24) is 15.1 Å². The van der Waals surface area contributed by atoms with E-state index < -0.39 is 0 Å². The van der Waals surface area contributed by atoms with E-state index >= 15 is 0 Å². The van der Waals surface area contributed by atoms with E-state index in [0.717, 1.165) is 37.1 Å². The summed E-state index contributed by atoms with van der Waals surface area (Å²) >= 11 is 6.02. The standard InChI is InChI=1S/C19H18ClN5O2/c1-11-9-14(20)3-4-15(11)17-23-18(27-24-17)13-5-7-25(8-6-13)19-16(10-21)22-12(2)26-19/h3-4,9,13H,5-8H2,1-2H3. The van der Waals surface area contributed by atoms with Crippen LogP contribution in [0.4, 0.5) is 5.88 Å². The van der Waals surface area contributed by atoms with E-state index in [0.29, 0.717) is 34.2 Å². The van der Waals surface area contributed by atoms with Gasteiger partial charge in [0.2, 0.25) is 23.3 Å². The maximum absolute atomic E-state index is 9.20. The molecule has 0 saturated carbocycles. The van der Waals surface area contributed by atoms with Gasteiger partial charge in [-0.2, -0.15) is 10.2 Å². The third-order valence-corrected chi connectivity index (χ3v) is 5.06. The largest absolute Gasteiger partial charge is 0.424 e. The molecular weight excluding hydrogens is 366 g/mol.